The number of nitrogens with one attached hydrogen (secondary N) is 1. The predicted molar refractivity (Wildman–Crippen MR) is 104 cm³/mol. The molecule has 26 heavy (non-hydrogen) atoms. The Balaban J connectivity index is 1.84. The molecule has 5 nitrogen and oxygen atoms in total. The maximum absolute atomic E-state index is 12.9. The molecule has 0 aliphatic carbocycles. The van der Waals surface area contributed by atoms with Crippen molar-refractivity contribution in [3.63, 3.8) is 0 Å². The number of ketones is 1. The maximum Gasteiger partial charge on any atom is 0.244 e. The van der Waals surface area contributed by atoms with Gasteiger partial charge in [0.2, 0.25) is 11.8 Å². The van der Waals surface area contributed by atoms with E-state index in [9.17, 15) is 14.4 Å². The van der Waals surface area contributed by atoms with Gasteiger partial charge < -0.3 is 10.2 Å². The minimum atomic E-state index is -0.378. The minimum absolute atomic E-state index is 0.0613. The molecule has 1 heterocycles. The predicted octanol–water partition coefficient (Wildman–Crippen LogP) is 3.70. The van der Waals surface area contributed by atoms with Crippen LogP contribution in [0.3, 0.4) is 0 Å². The van der Waals surface area contributed by atoms with Gasteiger partial charge in [0.1, 0.15) is 6.54 Å². The fourth-order valence-corrected chi connectivity index (χ4v) is 3.80. The van der Waals surface area contributed by atoms with Crippen molar-refractivity contribution < 1.29 is 14.4 Å². The third kappa shape index (κ3) is 4.20. The van der Waals surface area contributed by atoms with Crippen LogP contribution in [-0.4, -0.2) is 40.7 Å². The van der Waals surface area contributed by atoms with Crippen LogP contribution in [-0.2, 0) is 9.59 Å². The van der Waals surface area contributed by atoms with Gasteiger partial charge >= 0.3 is 0 Å². The molecule has 1 N–H and O–H groups in total. The van der Waals surface area contributed by atoms with Crippen molar-refractivity contribution in [1.82, 2.24) is 4.90 Å². The Hall–Kier alpha value is -2.02. The van der Waals surface area contributed by atoms with Crippen LogP contribution in [0.4, 0.5) is 5.69 Å². The Kier molecular flexibility index (Phi) is 5.86. The number of hydrogen-bond acceptors (Lipinski definition) is 4. The molecule has 2 aromatic rings. The molecule has 134 valence electrons. The second-order valence-electron chi connectivity index (χ2n) is 5.62. The summed E-state index contributed by atoms with van der Waals surface area (Å²) in [4.78, 5) is 38.3. The molecule has 1 aliphatic rings. The zero-order valence-electron chi connectivity index (χ0n) is 13.5. The second kappa shape index (κ2) is 8.12. The molecule has 3 rings (SSSR count). The Morgan fingerprint density at radius 3 is 2.58 bits per heavy atom. The Morgan fingerprint density at radius 1 is 1.12 bits per heavy atom. The summed E-state index contributed by atoms with van der Waals surface area (Å²) in [7, 11) is 0. The standard InChI is InChI=1S/C18H14Cl2N2O3S/c19-11-5-6-15(21-16(23)8-22-10-26-9-17(22)24)13(7-11)18(25)12-3-1-2-4-14(12)20/h1-7H,8-10H2,(H,21,23). The summed E-state index contributed by atoms with van der Waals surface area (Å²) in [5, 5.41) is 3.37. The summed E-state index contributed by atoms with van der Waals surface area (Å²) in [6, 6.07) is 11.3. The van der Waals surface area contributed by atoms with Crippen molar-refractivity contribution in [3.8, 4) is 0 Å². The molecular formula is C18H14Cl2N2O3S. The lowest BCUT2D eigenvalue weighted by molar-refractivity contribution is -0.130. The van der Waals surface area contributed by atoms with Crippen molar-refractivity contribution in [2.75, 3.05) is 23.5 Å². The molecule has 0 radical (unpaired) electrons. The Bertz CT molecular complexity index is 888. The van der Waals surface area contributed by atoms with Gasteiger partial charge in [-0.2, -0.15) is 0 Å². The van der Waals surface area contributed by atoms with E-state index in [1.807, 2.05) is 0 Å². The molecule has 1 fully saturated rings. The average molecular weight is 409 g/mol. The molecule has 8 heteroatoms. The van der Waals surface area contributed by atoms with Crippen LogP contribution < -0.4 is 5.32 Å². The van der Waals surface area contributed by atoms with Crippen LogP contribution in [0.2, 0.25) is 10.0 Å². The monoisotopic (exact) mass is 408 g/mol. The summed E-state index contributed by atoms with van der Waals surface area (Å²) in [5.41, 5.74) is 0.878. The molecule has 2 aromatic carbocycles. The molecule has 0 atom stereocenters. The van der Waals surface area contributed by atoms with Crippen molar-refractivity contribution >= 4 is 58.2 Å². The summed E-state index contributed by atoms with van der Waals surface area (Å²) in [6.07, 6.45) is 0. The van der Waals surface area contributed by atoms with Crippen LogP contribution in [0.1, 0.15) is 15.9 Å². The summed E-state index contributed by atoms with van der Waals surface area (Å²) in [5.74, 6) is 0.0640. The lowest BCUT2D eigenvalue weighted by Crippen LogP contribution is -2.34. The van der Waals surface area contributed by atoms with Gasteiger partial charge in [-0.05, 0) is 30.3 Å². The number of anilines is 1. The van der Waals surface area contributed by atoms with Gasteiger partial charge in [-0.25, -0.2) is 0 Å². The van der Waals surface area contributed by atoms with Gasteiger partial charge in [-0.1, -0.05) is 35.3 Å². The third-order valence-electron chi connectivity index (χ3n) is 3.78. The number of carbonyl (C=O) groups excluding carboxylic acids is 3. The lowest BCUT2D eigenvalue weighted by Gasteiger charge is -2.16. The van der Waals surface area contributed by atoms with Crippen molar-refractivity contribution in [2.24, 2.45) is 0 Å². The van der Waals surface area contributed by atoms with Gasteiger partial charge in [0.25, 0.3) is 0 Å². The highest BCUT2D eigenvalue weighted by atomic mass is 35.5. The zero-order chi connectivity index (χ0) is 18.7. The van der Waals surface area contributed by atoms with Crippen molar-refractivity contribution in [1.29, 1.82) is 0 Å². The number of amides is 2. The van der Waals surface area contributed by atoms with E-state index in [0.717, 1.165) is 0 Å². The van der Waals surface area contributed by atoms with E-state index < -0.39 is 0 Å². The van der Waals surface area contributed by atoms with Gasteiger partial charge in [0.15, 0.2) is 5.78 Å². The third-order valence-corrected chi connectivity index (χ3v) is 5.29. The summed E-state index contributed by atoms with van der Waals surface area (Å²) in [6.45, 7) is -0.0613. The number of hydrogen-bond donors (Lipinski definition) is 1. The molecule has 0 spiro atoms. The second-order valence-corrected chi connectivity index (χ2v) is 7.42. The fraction of sp³-hybridized carbons (Fsp3) is 0.167. The van der Waals surface area contributed by atoms with Gasteiger partial charge in [-0.3, -0.25) is 14.4 Å². The van der Waals surface area contributed by atoms with E-state index in [1.54, 1.807) is 36.4 Å². The van der Waals surface area contributed by atoms with E-state index in [-0.39, 0.29) is 29.7 Å². The van der Waals surface area contributed by atoms with Crippen LogP contribution >= 0.6 is 35.0 Å². The minimum Gasteiger partial charge on any atom is -0.324 e. The molecule has 0 bridgehead atoms. The van der Waals surface area contributed by atoms with Crippen molar-refractivity contribution in [2.45, 2.75) is 0 Å². The van der Waals surface area contributed by atoms with E-state index in [1.165, 1.54) is 22.7 Å². The number of nitrogens with zero attached hydrogens (tertiary/aromatic N) is 1. The number of benzene rings is 2. The van der Waals surface area contributed by atoms with Crippen LogP contribution in [0.25, 0.3) is 0 Å². The molecule has 1 saturated heterocycles. The van der Waals surface area contributed by atoms with Crippen molar-refractivity contribution in [3.05, 3.63) is 63.6 Å². The lowest BCUT2D eigenvalue weighted by atomic mass is 10.0. The highest BCUT2D eigenvalue weighted by molar-refractivity contribution is 8.00. The summed E-state index contributed by atoms with van der Waals surface area (Å²) >= 11 is 13.6. The highest BCUT2D eigenvalue weighted by Crippen LogP contribution is 2.26. The first-order chi connectivity index (χ1) is 12.5. The van der Waals surface area contributed by atoms with Gasteiger partial charge in [0, 0.05) is 16.1 Å². The molecule has 0 aromatic heterocycles. The van der Waals surface area contributed by atoms with E-state index in [2.05, 4.69) is 5.32 Å². The first kappa shape index (κ1) is 18.8. The first-order valence-corrected chi connectivity index (χ1v) is 9.61. The maximum atomic E-state index is 12.9. The van der Waals surface area contributed by atoms with Crippen LogP contribution in [0, 0.1) is 0 Å². The number of thioether (sulfide) groups is 1. The normalized spacial score (nSPS) is 13.8. The Morgan fingerprint density at radius 2 is 1.88 bits per heavy atom. The highest BCUT2D eigenvalue weighted by Gasteiger charge is 2.24. The molecule has 1 aliphatic heterocycles. The zero-order valence-corrected chi connectivity index (χ0v) is 15.8. The number of carbonyl (C=O) groups is 3. The summed E-state index contributed by atoms with van der Waals surface area (Å²) < 4.78 is 0. The fourth-order valence-electron chi connectivity index (χ4n) is 2.51. The number of rotatable bonds is 5. The quantitative estimate of drug-likeness (QED) is 0.765. The van der Waals surface area contributed by atoms with E-state index in [0.29, 0.717) is 32.9 Å². The topological polar surface area (TPSA) is 66.5 Å². The SMILES string of the molecule is O=C(CN1CSCC1=O)Nc1ccc(Cl)cc1C(=O)c1ccccc1Cl. The molecular weight excluding hydrogens is 395 g/mol. The van der Waals surface area contributed by atoms with E-state index >= 15 is 0 Å². The Labute approximate surface area is 164 Å². The smallest absolute Gasteiger partial charge is 0.244 e. The van der Waals surface area contributed by atoms with E-state index in [4.69, 9.17) is 23.2 Å². The van der Waals surface area contributed by atoms with Gasteiger partial charge in [-0.15, -0.1) is 11.8 Å². The molecule has 0 saturated carbocycles. The molecule has 2 amide bonds. The average Bonchev–Trinajstić information content (AvgIpc) is 3.01. The number of halogens is 2. The van der Waals surface area contributed by atoms with Gasteiger partial charge in [0.05, 0.1) is 22.3 Å². The van der Waals surface area contributed by atoms with Crippen LogP contribution in [0.5, 0.6) is 0 Å². The first-order valence-electron chi connectivity index (χ1n) is 7.70. The molecule has 0 unspecified atom stereocenters. The van der Waals surface area contributed by atoms with Crippen LogP contribution in [0.15, 0.2) is 42.5 Å². The largest absolute Gasteiger partial charge is 0.324 e.